The van der Waals surface area contributed by atoms with Gasteiger partial charge in [-0.2, -0.15) is 0 Å². The Labute approximate surface area is 63.8 Å². The Morgan fingerprint density at radius 2 is 1.70 bits per heavy atom. The molecule has 0 saturated heterocycles. The fraction of sp³-hybridized carbons (Fsp3) is 0.778. The zero-order valence-corrected chi connectivity index (χ0v) is 6.84. The van der Waals surface area contributed by atoms with E-state index in [9.17, 15) is 0 Å². The summed E-state index contributed by atoms with van der Waals surface area (Å²) in [7, 11) is 0. The summed E-state index contributed by atoms with van der Waals surface area (Å²) < 4.78 is 0. The highest BCUT2D eigenvalue weighted by Crippen LogP contribution is 1.97. The van der Waals surface area contributed by atoms with E-state index in [0.29, 0.717) is 6.61 Å². The monoisotopic (exact) mass is 142 g/mol. The van der Waals surface area contributed by atoms with Crippen molar-refractivity contribution < 1.29 is 5.11 Å². The summed E-state index contributed by atoms with van der Waals surface area (Å²) in [6.45, 7) is 2.51. The molecule has 0 aliphatic carbocycles. The van der Waals surface area contributed by atoms with Gasteiger partial charge in [0.25, 0.3) is 0 Å². The molecule has 0 aliphatic heterocycles. The van der Waals surface area contributed by atoms with Crippen LogP contribution in [0.5, 0.6) is 0 Å². The van der Waals surface area contributed by atoms with E-state index < -0.39 is 0 Å². The van der Waals surface area contributed by atoms with Crippen LogP contribution in [0.25, 0.3) is 0 Å². The Morgan fingerprint density at radius 1 is 1.10 bits per heavy atom. The molecule has 0 aromatic heterocycles. The quantitative estimate of drug-likeness (QED) is 0.446. The van der Waals surface area contributed by atoms with Crippen LogP contribution in [0.15, 0.2) is 12.2 Å². The van der Waals surface area contributed by atoms with E-state index in [0.717, 1.165) is 12.8 Å². The van der Waals surface area contributed by atoms with Gasteiger partial charge in [0.15, 0.2) is 0 Å². The molecule has 1 N–H and O–H groups in total. The first-order valence-corrected chi connectivity index (χ1v) is 4.17. The Bertz CT molecular complexity index is 66.8. The molecule has 0 aromatic rings. The lowest BCUT2D eigenvalue weighted by molar-refractivity contribution is 0.289. The molecule has 1 heteroatoms. The second-order valence-electron chi connectivity index (χ2n) is 2.48. The first kappa shape index (κ1) is 9.70. The van der Waals surface area contributed by atoms with Gasteiger partial charge >= 0.3 is 0 Å². The van der Waals surface area contributed by atoms with Gasteiger partial charge in [-0.3, -0.25) is 0 Å². The SMILES string of the molecule is CCCCC=CCCCO. The van der Waals surface area contributed by atoms with Crippen molar-refractivity contribution in [2.24, 2.45) is 0 Å². The molecule has 0 aromatic carbocycles. The zero-order valence-electron chi connectivity index (χ0n) is 6.84. The normalized spacial score (nSPS) is 11.0. The molecule has 0 bridgehead atoms. The van der Waals surface area contributed by atoms with Crippen LogP contribution >= 0.6 is 0 Å². The first-order chi connectivity index (χ1) is 4.91. The summed E-state index contributed by atoms with van der Waals surface area (Å²) in [4.78, 5) is 0. The lowest BCUT2D eigenvalue weighted by atomic mass is 10.2. The lowest BCUT2D eigenvalue weighted by Gasteiger charge is -1.89. The van der Waals surface area contributed by atoms with Gasteiger partial charge in [0.1, 0.15) is 0 Å². The molecular formula is C9H18O. The van der Waals surface area contributed by atoms with Gasteiger partial charge in [0.2, 0.25) is 0 Å². The molecule has 0 radical (unpaired) electrons. The van der Waals surface area contributed by atoms with E-state index in [1.54, 1.807) is 0 Å². The molecule has 0 rings (SSSR count). The van der Waals surface area contributed by atoms with Crippen LogP contribution in [-0.4, -0.2) is 11.7 Å². The molecule has 0 saturated carbocycles. The topological polar surface area (TPSA) is 20.2 Å². The van der Waals surface area contributed by atoms with Crippen molar-refractivity contribution in [3.05, 3.63) is 12.2 Å². The van der Waals surface area contributed by atoms with E-state index in [-0.39, 0.29) is 0 Å². The van der Waals surface area contributed by atoms with E-state index in [1.165, 1.54) is 19.3 Å². The predicted octanol–water partition coefficient (Wildman–Crippen LogP) is 2.51. The Kier molecular flexibility index (Phi) is 8.44. The summed E-state index contributed by atoms with van der Waals surface area (Å²) in [5.41, 5.74) is 0. The third-order valence-corrected chi connectivity index (χ3v) is 1.42. The Morgan fingerprint density at radius 3 is 2.20 bits per heavy atom. The second-order valence-corrected chi connectivity index (χ2v) is 2.48. The summed E-state index contributed by atoms with van der Waals surface area (Å²) >= 11 is 0. The number of aliphatic hydroxyl groups is 1. The van der Waals surface area contributed by atoms with Gasteiger partial charge in [-0.15, -0.1) is 0 Å². The molecule has 0 spiro atoms. The average molecular weight is 142 g/mol. The fourth-order valence-electron chi connectivity index (χ4n) is 0.767. The minimum Gasteiger partial charge on any atom is -0.396 e. The van der Waals surface area contributed by atoms with Crippen molar-refractivity contribution in [1.82, 2.24) is 0 Å². The van der Waals surface area contributed by atoms with E-state index >= 15 is 0 Å². The van der Waals surface area contributed by atoms with Crippen LogP contribution in [0.1, 0.15) is 39.0 Å². The van der Waals surface area contributed by atoms with E-state index in [1.807, 2.05) is 0 Å². The molecule has 0 amide bonds. The van der Waals surface area contributed by atoms with Crippen molar-refractivity contribution in [3.63, 3.8) is 0 Å². The van der Waals surface area contributed by atoms with Crippen molar-refractivity contribution in [2.75, 3.05) is 6.61 Å². The highest BCUT2D eigenvalue weighted by molar-refractivity contribution is 4.80. The average Bonchev–Trinajstić information content (AvgIpc) is 1.97. The molecule has 0 heterocycles. The largest absolute Gasteiger partial charge is 0.396 e. The van der Waals surface area contributed by atoms with Crippen molar-refractivity contribution >= 4 is 0 Å². The number of allylic oxidation sites excluding steroid dienone is 2. The van der Waals surface area contributed by atoms with Crippen LogP contribution in [0, 0.1) is 0 Å². The standard InChI is InChI=1S/C9H18O/c1-2-3-4-5-6-7-8-9-10/h5-6,10H,2-4,7-9H2,1H3. The number of unbranched alkanes of at least 4 members (excludes halogenated alkanes) is 3. The number of hydrogen-bond donors (Lipinski definition) is 1. The van der Waals surface area contributed by atoms with Gasteiger partial charge in [0, 0.05) is 6.61 Å². The molecule has 0 aliphatic rings. The summed E-state index contributed by atoms with van der Waals surface area (Å²) in [6, 6.07) is 0. The van der Waals surface area contributed by atoms with Crippen LogP contribution in [-0.2, 0) is 0 Å². The maximum atomic E-state index is 8.44. The first-order valence-electron chi connectivity index (χ1n) is 4.17. The third-order valence-electron chi connectivity index (χ3n) is 1.42. The van der Waals surface area contributed by atoms with Crippen molar-refractivity contribution in [3.8, 4) is 0 Å². The zero-order chi connectivity index (χ0) is 7.66. The molecular weight excluding hydrogens is 124 g/mol. The second kappa shape index (κ2) is 8.70. The molecule has 0 atom stereocenters. The number of rotatable bonds is 6. The smallest absolute Gasteiger partial charge is 0.0433 e. The van der Waals surface area contributed by atoms with Gasteiger partial charge in [-0.05, 0) is 19.3 Å². The Hall–Kier alpha value is -0.300. The molecule has 0 unspecified atom stereocenters. The predicted molar refractivity (Wildman–Crippen MR) is 45.0 cm³/mol. The maximum absolute atomic E-state index is 8.44. The highest BCUT2D eigenvalue weighted by Gasteiger charge is 1.79. The lowest BCUT2D eigenvalue weighted by Crippen LogP contribution is -1.78. The van der Waals surface area contributed by atoms with Crippen LogP contribution < -0.4 is 0 Å². The van der Waals surface area contributed by atoms with Gasteiger partial charge < -0.3 is 5.11 Å². The molecule has 10 heavy (non-hydrogen) atoms. The van der Waals surface area contributed by atoms with Gasteiger partial charge in [-0.25, -0.2) is 0 Å². The van der Waals surface area contributed by atoms with E-state index in [4.69, 9.17) is 5.11 Å². The molecule has 60 valence electrons. The number of aliphatic hydroxyl groups excluding tert-OH is 1. The third kappa shape index (κ3) is 7.70. The van der Waals surface area contributed by atoms with Crippen molar-refractivity contribution in [2.45, 2.75) is 39.0 Å². The van der Waals surface area contributed by atoms with Crippen LogP contribution in [0.4, 0.5) is 0 Å². The molecule has 1 nitrogen and oxygen atoms in total. The van der Waals surface area contributed by atoms with Gasteiger partial charge in [-0.1, -0.05) is 31.9 Å². The fourth-order valence-corrected chi connectivity index (χ4v) is 0.767. The maximum Gasteiger partial charge on any atom is 0.0433 e. The van der Waals surface area contributed by atoms with E-state index in [2.05, 4.69) is 19.1 Å². The summed E-state index contributed by atoms with van der Waals surface area (Å²) in [6.07, 6.45) is 10.1. The van der Waals surface area contributed by atoms with Crippen LogP contribution in [0.2, 0.25) is 0 Å². The Balaban J connectivity index is 2.89. The summed E-state index contributed by atoms with van der Waals surface area (Å²) in [5, 5.41) is 8.44. The highest BCUT2D eigenvalue weighted by atomic mass is 16.2. The number of hydrogen-bond acceptors (Lipinski definition) is 1. The minimum absolute atomic E-state index is 0.318. The molecule has 0 fully saturated rings. The minimum atomic E-state index is 0.318. The van der Waals surface area contributed by atoms with Crippen LogP contribution in [0.3, 0.4) is 0 Å². The summed E-state index contributed by atoms with van der Waals surface area (Å²) in [5.74, 6) is 0. The van der Waals surface area contributed by atoms with Gasteiger partial charge in [0.05, 0.1) is 0 Å². The van der Waals surface area contributed by atoms with Crippen molar-refractivity contribution in [1.29, 1.82) is 0 Å².